The Hall–Kier alpha value is -2.08. The normalized spacial score (nSPS) is 17.6. The van der Waals surface area contributed by atoms with Crippen LogP contribution in [0.3, 0.4) is 0 Å². The van der Waals surface area contributed by atoms with Crippen LogP contribution in [0.1, 0.15) is 36.0 Å². The van der Waals surface area contributed by atoms with Crippen LogP contribution in [0.2, 0.25) is 0 Å². The van der Waals surface area contributed by atoms with E-state index in [2.05, 4.69) is 4.98 Å². The highest BCUT2D eigenvalue weighted by molar-refractivity contribution is 7.09. The van der Waals surface area contributed by atoms with Crippen molar-refractivity contribution in [1.82, 2.24) is 9.88 Å². The summed E-state index contributed by atoms with van der Waals surface area (Å²) in [5.41, 5.74) is 1.01. The number of carbonyl (C=O) groups is 1. The van der Waals surface area contributed by atoms with Crippen LogP contribution in [-0.2, 0) is 4.79 Å². The van der Waals surface area contributed by atoms with Gasteiger partial charge in [0.15, 0.2) is 6.61 Å². The number of hydrogen-bond donors (Lipinski definition) is 0. The van der Waals surface area contributed by atoms with Gasteiger partial charge < -0.3 is 14.4 Å². The van der Waals surface area contributed by atoms with Crippen molar-refractivity contribution in [3.63, 3.8) is 0 Å². The topological polar surface area (TPSA) is 51.7 Å². The summed E-state index contributed by atoms with van der Waals surface area (Å²) in [6.07, 6.45) is 3.13. The van der Waals surface area contributed by atoms with Gasteiger partial charge in [0.1, 0.15) is 16.5 Å². The molecule has 0 bridgehead atoms. The predicted octanol–water partition coefficient (Wildman–Crippen LogP) is 3.59. The van der Waals surface area contributed by atoms with Crippen molar-refractivity contribution in [3.05, 3.63) is 40.3 Å². The standard InChI is InChI=1S/C18H22N2O3S/c1-13-12-24-18(19-13)16-8-3-4-9-20(16)17(21)11-23-15-7-5-6-14(10-15)22-2/h5-7,10,12,16H,3-4,8-9,11H2,1-2H3/t16-/m1/s1. The fraction of sp³-hybridized carbons (Fsp3) is 0.444. The van der Waals surface area contributed by atoms with Crippen molar-refractivity contribution >= 4 is 17.2 Å². The van der Waals surface area contributed by atoms with Gasteiger partial charge in [-0.1, -0.05) is 6.07 Å². The molecule has 2 aromatic rings. The first kappa shape index (κ1) is 16.8. The summed E-state index contributed by atoms with van der Waals surface area (Å²) >= 11 is 1.63. The molecule has 0 radical (unpaired) electrons. The van der Waals surface area contributed by atoms with Crippen LogP contribution in [0.4, 0.5) is 0 Å². The van der Waals surface area contributed by atoms with Crippen LogP contribution in [0.5, 0.6) is 11.5 Å². The molecule has 3 rings (SSSR count). The van der Waals surface area contributed by atoms with Crippen LogP contribution in [0.15, 0.2) is 29.6 Å². The fourth-order valence-electron chi connectivity index (χ4n) is 2.93. The second-order valence-electron chi connectivity index (χ2n) is 5.89. The number of aromatic nitrogens is 1. The molecule has 0 aliphatic carbocycles. The third-order valence-electron chi connectivity index (χ3n) is 4.15. The Morgan fingerprint density at radius 2 is 2.21 bits per heavy atom. The van der Waals surface area contributed by atoms with E-state index in [-0.39, 0.29) is 18.6 Å². The van der Waals surface area contributed by atoms with Gasteiger partial charge in [0, 0.05) is 23.7 Å². The molecule has 2 heterocycles. The number of thiazole rings is 1. The number of carbonyl (C=O) groups excluding carboxylic acids is 1. The summed E-state index contributed by atoms with van der Waals surface area (Å²) in [4.78, 5) is 19.2. The predicted molar refractivity (Wildman–Crippen MR) is 93.6 cm³/mol. The van der Waals surface area contributed by atoms with E-state index < -0.39 is 0 Å². The largest absolute Gasteiger partial charge is 0.497 e. The monoisotopic (exact) mass is 346 g/mol. The molecule has 5 nitrogen and oxygen atoms in total. The maximum Gasteiger partial charge on any atom is 0.261 e. The van der Waals surface area contributed by atoms with Crippen LogP contribution in [0, 0.1) is 6.92 Å². The number of likely N-dealkylation sites (tertiary alicyclic amines) is 1. The number of nitrogens with zero attached hydrogens (tertiary/aromatic N) is 2. The van der Waals surface area contributed by atoms with E-state index in [0.717, 1.165) is 36.5 Å². The van der Waals surface area contributed by atoms with Gasteiger partial charge in [0.25, 0.3) is 5.91 Å². The van der Waals surface area contributed by atoms with E-state index in [0.29, 0.717) is 11.5 Å². The third-order valence-corrected chi connectivity index (χ3v) is 5.21. The zero-order chi connectivity index (χ0) is 16.9. The first-order valence-electron chi connectivity index (χ1n) is 8.15. The number of methoxy groups -OCH3 is 1. The number of hydrogen-bond acceptors (Lipinski definition) is 5. The lowest BCUT2D eigenvalue weighted by Crippen LogP contribution is -2.41. The fourth-order valence-corrected chi connectivity index (χ4v) is 3.87. The Kier molecular flexibility index (Phi) is 5.35. The number of aryl methyl sites for hydroxylation is 1. The zero-order valence-electron chi connectivity index (χ0n) is 14.0. The lowest BCUT2D eigenvalue weighted by molar-refractivity contribution is -0.137. The maximum absolute atomic E-state index is 12.7. The second-order valence-corrected chi connectivity index (χ2v) is 6.78. The van der Waals surface area contributed by atoms with Gasteiger partial charge in [-0.25, -0.2) is 4.98 Å². The third kappa shape index (κ3) is 3.87. The van der Waals surface area contributed by atoms with Crippen molar-refractivity contribution in [2.45, 2.75) is 32.2 Å². The number of piperidine rings is 1. The molecule has 24 heavy (non-hydrogen) atoms. The van der Waals surface area contributed by atoms with Crippen molar-refractivity contribution in [3.8, 4) is 11.5 Å². The van der Waals surface area contributed by atoms with Crippen LogP contribution >= 0.6 is 11.3 Å². The Balaban J connectivity index is 1.65. The smallest absolute Gasteiger partial charge is 0.261 e. The molecule has 1 aromatic heterocycles. The lowest BCUT2D eigenvalue weighted by Gasteiger charge is -2.34. The molecule has 1 amide bonds. The van der Waals surface area contributed by atoms with Crippen molar-refractivity contribution < 1.29 is 14.3 Å². The highest BCUT2D eigenvalue weighted by atomic mass is 32.1. The first-order valence-corrected chi connectivity index (χ1v) is 9.03. The first-order chi connectivity index (χ1) is 11.7. The summed E-state index contributed by atoms with van der Waals surface area (Å²) in [5.74, 6) is 1.37. The van der Waals surface area contributed by atoms with Crippen molar-refractivity contribution in [1.29, 1.82) is 0 Å². The average molecular weight is 346 g/mol. The Labute approximate surface area is 146 Å². The molecular weight excluding hydrogens is 324 g/mol. The second kappa shape index (κ2) is 7.66. The van der Waals surface area contributed by atoms with E-state index in [9.17, 15) is 4.79 Å². The molecule has 1 fully saturated rings. The number of benzene rings is 1. The van der Waals surface area contributed by atoms with Gasteiger partial charge in [-0.15, -0.1) is 11.3 Å². The summed E-state index contributed by atoms with van der Waals surface area (Å²) in [5, 5.41) is 3.07. The molecule has 1 saturated heterocycles. The van der Waals surface area contributed by atoms with Crippen LogP contribution < -0.4 is 9.47 Å². The maximum atomic E-state index is 12.7. The molecule has 0 unspecified atom stereocenters. The van der Waals surface area contributed by atoms with Gasteiger partial charge in [-0.3, -0.25) is 4.79 Å². The zero-order valence-corrected chi connectivity index (χ0v) is 14.8. The highest BCUT2D eigenvalue weighted by Gasteiger charge is 2.30. The van der Waals surface area contributed by atoms with Gasteiger partial charge in [-0.2, -0.15) is 0 Å². The molecule has 6 heteroatoms. The summed E-state index contributed by atoms with van der Waals surface area (Å²) in [7, 11) is 1.61. The molecule has 1 aliphatic rings. The molecule has 0 spiro atoms. The minimum absolute atomic E-state index is 0.00960. The van der Waals surface area contributed by atoms with E-state index in [1.165, 1.54) is 0 Å². The Morgan fingerprint density at radius 1 is 1.38 bits per heavy atom. The minimum atomic E-state index is 0.00960. The van der Waals surface area contributed by atoms with E-state index in [4.69, 9.17) is 9.47 Å². The van der Waals surface area contributed by atoms with Gasteiger partial charge in [0.05, 0.1) is 13.2 Å². The van der Waals surface area contributed by atoms with Gasteiger partial charge in [-0.05, 0) is 38.3 Å². The average Bonchev–Trinajstić information content (AvgIpc) is 3.06. The van der Waals surface area contributed by atoms with Crippen molar-refractivity contribution in [2.75, 3.05) is 20.3 Å². The van der Waals surface area contributed by atoms with E-state index in [1.54, 1.807) is 24.5 Å². The summed E-state index contributed by atoms with van der Waals surface area (Å²) < 4.78 is 10.8. The van der Waals surface area contributed by atoms with Crippen molar-refractivity contribution in [2.24, 2.45) is 0 Å². The number of amides is 1. The number of ether oxygens (including phenoxy) is 2. The molecule has 1 aliphatic heterocycles. The summed E-state index contributed by atoms with van der Waals surface area (Å²) in [6.45, 7) is 2.79. The molecule has 0 N–H and O–H groups in total. The molecular formula is C18H22N2O3S. The van der Waals surface area contributed by atoms with E-state index >= 15 is 0 Å². The van der Waals surface area contributed by atoms with Gasteiger partial charge in [0.2, 0.25) is 0 Å². The summed E-state index contributed by atoms with van der Waals surface area (Å²) in [6, 6.07) is 7.39. The lowest BCUT2D eigenvalue weighted by atomic mass is 10.0. The molecule has 1 atom stereocenters. The van der Waals surface area contributed by atoms with Gasteiger partial charge >= 0.3 is 0 Å². The quantitative estimate of drug-likeness (QED) is 0.830. The number of rotatable bonds is 5. The Bertz CT molecular complexity index is 701. The minimum Gasteiger partial charge on any atom is -0.497 e. The molecule has 1 aromatic carbocycles. The SMILES string of the molecule is COc1cccc(OCC(=O)N2CCCC[C@@H]2c2nc(C)cs2)c1. The van der Waals surface area contributed by atoms with Crippen LogP contribution in [0.25, 0.3) is 0 Å². The molecule has 0 saturated carbocycles. The molecule has 128 valence electrons. The van der Waals surface area contributed by atoms with Crippen LogP contribution in [-0.4, -0.2) is 36.1 Å². The highest BCUT2D eigenvalue weighted by Crippen LogP contribution is 2.32. The van der Waals surface area contributed by atoms with E-state index in [1.807, 2.05) is 35.4 Å². The Morgan fingerprint density at radius 3 is 2.96 bits per heavy atom.